The quantitative estimate of drug-likeness (QED) is 0.277. The van der Waals surface area contributed by atoms with Crippen LogP contribution in [-0.2, 0) is 0 Å². The van der Waals surface area contributed by atoms with Crippen molar-refractivity contribution in [2.45, 2.75) is 13.1 Å². The van der Waals surface area contributed by atoms with Crippen molar-refractivity contribution in [2.24, 2.45) is 0 Å². The van der Waals surface area contributed by atoms with Crippen LogP contribution in [0.15, 0.2) is 78.4 Å². The number of nitrogens with zero attached hydrogens (tertiary/aromatic N) is 3. The van der Waals surface area contributed by atoms with Crippen LogP contribution in [0, 0.1) is 15.3 Å². The Morgan fingerprint density at radius 3 is 2.09 bits per heavy atom. The van der Waals surface area contributed by atoms with E-state index in [0.29, 0.717) is 16.3 Å². The standard InChI is InChI=1S/C25H25ClF3N2.NO3/c1-4-31(17-25(27,28)29)23-12-8-6-10-21(23)24(20-9-5-7-11-22(20)26)18-13-15-19(16-14-18)30(2)3;2-1(3)4/h5-16H,4,17H2,1-3H3;/q+1;-1. The summed E-state index contributed by atoms with van der Waals surface area (Å²) in [6.45, 7) is 0.936. The first kappa shape index (κ1) is 27.7. The number of allylic oxidation sites excluding steroid dienone is 5. The van der Waals surface area contributed by atoms with E-state index in [9.17, 15) is 13.2 Å². The smallest absolute Gasteiger partial charge is 0.378 e. The van der Waals surface area contributed by atoms with E-state index in [4.69, 9.17) is 26.9 Å². The van der Waals surface area contributed by atoms with Crippen LogP contribution in [0.5, 0.6) is 0 Å². The van der Waals surface area contributed by atoms with Crippen molar-refractivity contribution in [1.29, 1.82) is 0 Å². The maximum atomic E-state index is 13.3. The third kappa shape index (κ3) is 7.99. The Kier molecular flexibility index (Phi) is 9.65. The van der Waals surface area contributed by atoms with Gasteiger partial charge < -0.3 is 20.2 Å². The Morgan fingerprint density at radius 2 is 1.57 bits per heavy atom. The van der Waals surface area contributed by atoms with Crippen molar-refractivity contribution in [2.75, 3.05) is 32.1 Å². The molecule has 1 aliphatic rings. The molecule has 3 rings (SSSR count). The predicted molar refractivity (Wildman–Crippen MR) is 134 cm³/mol. The molecular formula is C25H25ClF3N3O3. The fraction of sp³-hybridized carbons (Fsp3) is 0.240. The maximum Gasteiger partial charge on any atom is 0.448 e. The molecule has 0 bridgehead atoms. The molecule has 0 heterocycles. The SMILES string of the molecule is CC[N+](CC(F)(F)F)=C1C=CC=CC1=C(c1ccc(N(C)C)cc1)c1ccccc1Cl.O=[N+]([O-])[O-]. The molecule has 0 radical (unpaired) electrons. The van der Waals surface area contributed by atoms with E-state index in [-0.39, 0.29) is 6.54 Å². The summed E-state index contributed by atoms with van der Waals surface area (Å²) in [5.74, 6) is 0. The Hall–Kier alpha value is -3.59. The molecule has 0 unspecified atom stereocenters. The van der Waals surface area contributed by atoms with E-state index in [1.54, 1.807) is 25.1 Å². The fourth-order valence-electron chi connectivity index (χ4n) is 3.59. The number of hydrogen-bond acceptors (Lipinski definition) is 4. The van der Waals surface area contributed by atoms with Gasteiger partial charge in [-0.15, -0.1) is 0 Å². The first-order valence-corrected chi connectivity index (χ1v) is 10.9. The Balaban J connectivity index is 0.00000100. The van der Waals surface area contributed by atoms with Crippen LogP contribution in [0.25, 0.3) is 5.57 Å². The Morgan fingerprint density at radius 1 is 1.00 bits per heavy atom. The minimum atomic E-state index is -4.30. The van der Waals surface area contributed by atoms with Gasteiger partial charge in [0.2, 0.25) is 12.3 Å². The van der Waals surface area contributed by atoms with Gasteiger partial charge in [-0.25, -0.2) is 4.58 Å². The molecule has 0 N–H and O–H groups in total. The van der Waals surface area contributed by atoms with E-state index in [0.717, 1.165) is 22.4 Å². The first-order chi connectivity index (χ1) is 16.4. The van der Waals surface area contributed by atoms with Crippen molar-refractivity contribution in [3.63, 3.8) is 0 Å². The van der Waals surface area contributed by atoms with Gasteiger partial charge in [0.1, 0.15) is 6.54 Å². The molecule has 0 aromatic heterocycles. The fourth-order valence-corrected chi connectivity index (χ4v) is 3.82. The first-order valence-electron chi connectivity index (χ1n) is 10.6. The zero-order chi connectivity index (χ0) is 26.2. The molecular weight excluding hydrogens is 483 g/mol. The van der Waals surface area contributed by atoms with E-state index in [1.807, 2.05) is 73.6 Å². The number of benzene rings is 2. The van der Waals surface area contributed by atoms with Gasteiger partial charge in [0.25, 0.3) is 0 Å². The molecule has 0 fully saturated rings. The second-order valence-electron chi connectivity index (χ2n) is 7.67. The van der Waals surface area contributed by atoms with E-state index >= 15 is 0 Å². The Labute approximate surface area is 206 Å². The number of halogens is 4. The van der Waals surface area contributed by atoms with Gasteiger partial charge in [0.15, 0.2) is 0 Å². The molecule has 10 heteroatoms. The summed E-state index contributed by atoms with van der Waals surface area (Å²) in [7, 11) is 3.92. The highest BCUT2D eigenvalue weighted by molar-refractivity contribution is 6.33. The Bertz CT molecular complexity index is 1160. The number of rotatable bonds is 5. The van der Waals surface area contributed by atoms with Gasteiger partial charge in [-0.3, -0.25) is 0 Å². The van der Waals surface area contributed by atoms with Gasteiger partial charge >= 0.3 is 6.18 Å². The van der Waals surface area contributed by atoms with Crippen LogP contribution >= 0.6 is 11.6 Å². The lowest BCUT2D eigenvalue weighted by molar-refractivity contribution is -0.554. The lowest BCUT2D eigenvalue weighted by Crippen LogP contribution is -2.32. The third-order valence-corrected chi connectivity index (χ3v) is 5.41. The summed E-state index contributed by atoms with van der Waals surface area (Å²) >= 11 is 6.55. The molecule has 0 amide bonds. The second kappa shape index (κ2) is 12.2. The molecule has 1 aliphatic carbocycles. The van der Waals surface area contributed by atoms with Crippen LogP contribution in [0.1, 0.15) is 18.1 Å². The lowest BCUT2D eigenvalue weighted by atomic mass is 9.88. The molecule has 35 heavy (non-hydrogen) atoms. The van der Waals surface area contributed by atoms with E-state index in [2.05, 4.69) is 0 Å². The van der Waals surface area contributed by atoms with Crippen LogP contribution in [0.2, 0.25) is 5.02 Å². The summed E-state index contributed by atoms with van der Waals surface area (Å²) in [6, 6.07) is 15.3. The summed E-state index contributed by atoms with van der Waals surface area (Å²) in [5.41, 5.74) is 4.72. The molecule has 2 aromatic carbocycles. The van der Waals surface area contributed by atoms with Crippen molar-refractivity contribution < 1.29 is 22.8 Å². The number of hydrogen-bond donors (Lipinski definition) is 0. The second-order valence-corrected chi connectivity index (χ2v) is 8.07. The van der Waals surface area contributed by atoms with Crippen molar-refractivity contribution in [1.82, 2.24) is 0 Å². The molecule has 186 valence electrons. The van der Waals surface area contributed by atoms with Gasteiger partial charge in [-0.1, -0.05) is 54.1 Å². The largest absolute Gasteiger partial charge is 0.448 e. The molecule has 2 aromatic rings. The van der Waals surface area contributed by atoms with Crippen LogP contribution in [0.4, 0.5) is 18.9 Å². The number of alkyl halides is 3. The zero-order valence-electron chi connectivity index (χ0n) is 19.4. The molecule has 0 atom stereocenters. The van der Waals surface area contributed by atoms with Crippen molar-refractivity contribution in [3.05, 3.63) is 110 Å². The van der Waals surface area contributed by atoms with E-state index < -0.39 is 17.8 Å². The summed E-state index contributed by atoms with van der Waals surface area (Å²) in [5, 5.41) is 15.3. The summed E-state index contributed by atoms with van der Waals surface area (Å²) in [4.78, 5) is 10.2. The minimum Gasteiger partial charge on any atom is -0.378 e. The molecule has 0 saturated carbocycles. The topological polar surface area (TPSA) is 72.5 Å². The average molecular weight is 508 g/mol. The van der Waals surface area contributed by atoms with Crippen molar-refractivity contribution >= 4 is 28.6 Å². The lowest BCUT2D eigenvalue weighted by Gasteiger charge is -2.19. The molecule has 6 nitrogen and oxygen atoms in total. The molecule has 0 spiro atoms. The molecule has 0 aliphatic heterocycles. The number of anilines is 1. The predicted octanol–water partition coefficient (Wildman–Crippen LogP) is 6.13. The van der Waals surface area contributed by atoms with Crippen LogP contribution in [-0.4, -0.2) is 48.7 Å². The monoisotopic (exact) mass is 507 g/mol. The summed E-state index contributed by atoms with van der Waals surface area (Å²) in [6.07, 6.45) is 2.88. The van der Waals surface area contributed by atoms with Gasteiger partial charge in [-0.2, -0.15) is 13.2 Å². The summed E-state index contributed by atoms with van der Waals surface area (Å²) < 4.78 is 41.1. The van der Waals surface area contributed by atoms with Gasteiger partial charge in [0.05, 0.1) is 10.7 Å². The zero-order valence-corrected chi connectivity index (χ0v) is 20.2. The van der Waals surface area contributed by atoms with E-state index in [1.165, 1.54) is 4.58 Å². The molecule has 0 saturated heterocycles. The highest BCUT2D eigenvalue weighted by atomic mass is 35.5. The maximum absolute atomic E-state index is 13.3. The van der Waals surface area contributed by atoms with Crippen LogP contribution < -0.4 is 4.90 Å². The average Bonchev–Trinajstić information content (AvgIpc) is 2.79. The van der Waals surface area contributed by atoms with Crippen LogP contribution in [0.3, 0.4) is 0 Å². The third-order valence-electron chi connectivity index (χ3n) is 5.08. The normalized spacial score (nSPS) is 15.7. The van der Waals surface area contributed by atoms with Gasteiger partial charge in [0, 0.05) is 42.0 Å². The van der Waals surface area contributed by atoms with Crippen molar-refractivity contribution in [3.8, 4) is 0 Å². The minimum absolute atomic E-state index is 0.228. The van der Waals surface area contributed by atoms with Gasteiger partial charge in [-0.05, 0) is 36.8 Å². The highest BCUT2D eigenvalue weighted by Crippen LogP contribution is 2.35. The highest BCUT2D eigenvalue weighted by Gasteiger charge is 2.36.